The minimum Gasteiger partial charge on any atom is -0.464 e. The summed E-state index contributed by atoms with van der Waals surface area (Å²) in [6.07, 6.45) is 0. The molecule has 0 unspecified atom stereocenters. The number of ether oxygens (including phenoxy) is 2. The molecule has 0 saturated carbocycles. The summed E-state index contributed by atoms with van der Waals surface area (Å²) in [6.45, 7) is 3.28. The maximum atomic E-state index is 10.9. The molecular formula is C12H16BrNO3. The Kier molecular flexibility index (Phi) is 6.65. The van der Waals surface area contributed by atoms with Crippen molar-refractivity contribution in [1.29, 1.82) is 0 Å². The molecule has 1 rings (SSSR count). The van der Waals surface area contributed by atoms with E-state index in [-0.39, 0.29) is 12.6 Å². The third-order valence-electron chi connectivity index (χ3n) is 1.93. The molecule has 0 bridgehead atoms. The van der Waals surface area contributed by atoms with Gasteiger partial charge in [-0.3, -0.25) is 0 Å². The van der Waals surface area contributed by atoms with E-state index in [2.05, 4.69) is 21.2 Å². The van der Waals surface area contributed by atoms with E-state index in [0.717, 1.165) is 10.2 Å². The van der Waals surface area contributed by atoms with Gasteiger partial charge in [-0.05, 0) is 25.1 Å². The quantitative estimate of drug-likeness (QED) is 0.621. The fraction of sp³-hybridized carbons (Fsp3) is 0.417. The molecule has 94 valence electrons. The Bertz CT molecular complexity index is 357. The van der Waals surface area contributed by atoms with Gasteiger partial charge in [0, 0.05) is 16.7 Å². The highest BCUT2D eigenvalue weighted by Gasteiger charge is 2.00. The number of hydrogen-bond acceptors (Lipinski definition) is 4. The predicted octanol–water partition coefficient (Wildman–Crippen LogP) is 2.44. The van der Waals surface area contributed by atoms with Crippen molar-refractivity contribution in [2.45, 2.75) is 6.92 Å². The maximum absolute atomic E-state index is 10.9. The van der Waals surface area contributed by atoms with Crippen molar-refractivity contribution in [2.24, 2.45) is 0 Å². The van der Waals surface area contributed by atoms with Crippen LogP contribution in [0, 0.1) is 0 Å². The Morgan fingerprint density at radius 1 is 1.47 bits per heavy atom. The Morgan fingerprint density at radius 2 is 2.29 bits per heavy atom. The molecule has 0 aliphatic carbocycles. The largest absolute Gasteiger partial charge is 0.464 e. The number of rotatable bonds is 7. The van der Waals surface area contributed by atoms with Crippen molar-refractivity contribution in [1.82, 2.24) is 0 Å². The van der Waals surface area contributed by atoms with Gasteiger partial charge in [-0.2, -0.15) is 0 Å². The molecule has 0 aliphatic heterocycles. The summed E-state index contributed by atoms with van der Waals surface area (Å²) < 4.78 is 10.9. The molecule has 0 aliphatic rings. The Hall–Kier alpha value is -1.07. The lowest BCUT2D eigenvalue weighted by molar-refractivity contribution is -0.148. The molecule has 1 aromatic carbocycles. The molecule has 1 N–H and O–H groups in total. The number of anilines is 1. The number of hydrogen-bond donors (Lipinski definition) is 1. The van der Waals surface area contributed by atoms with Gasteiger partial charge in [0.15, 0.2) is 0 Å². The monoisotopic (exact) mass is 301 g/mol. The van der Waals surface area contributed by atoms with Crippen molar-refractivity contribution >= 4 is 27.6 Å². The zero-order valence-electron chi connectivity index (χ0n) is 9.74. The third-order valence-corrected chi connectivity index (χ3v) is 2.42. The highest BCUT2D eigenvalue weighted by molar-refractivity contribution is 9.10. The number of esters is 1. The van der Waals surface area contributed by atoms with Crippen LogP contribution in [0.15, 0.2) is 28.7 Å². The van der Waals surface area contributed by atoms with E-state index in [1.807, 2.05) is 24.3 Å². The van der Waals surface area contributed by atoms with E-state index in [9.17, 15) is 4.79 Å². The van der Waals surface area contributed by atoms with Crippen LogP contribution in [0.5, 0.6) is 0 Å². The van der Waals surface area contributed by atoms with Crippen molar-refractivity contribution in [3.63, 3.8) is 0 Å². The summed E-state index contributed by atoms with van der Waals surface area (Å²) in [4.78, 5) is 10.9. The lowest BCUT2D eigenvalue weighted by Crippen LogP contribution is -2.16. The van der Waals surface area contributed by atoms with Crippen molar-refractivity contribution in [2.75, 3.05) is 31.7 Å². The third kappa shape index (κ3) is 6.28. The minimum absolute atomic E-state index is 0.00794. The van der Waals surface area contributed by atoms with Crippen LogP contribution in [-0.4, -0.2) is 32.3 Å². The second kappa shape index (κ2) is 8.08. The van der Waals surface area contributed by atoms with Crippen LogP contribution in [0.2, 0.25) is 0 Å². The Morgan fingerprint density at radius 3 is 3.00 bits per heavy atom. The zero-order valence-corrected chi connectivity index (χ0v) is 11.3. The van der Waals surface area contributed by atoms with Gasteiger partial charge < -0.3 is 14.8 Å². The summed E-state index contributed by atoms with van der Waals surface area (Å²) in [7, 11) is 0. The SMILES string of the molecule is CCOC(=O)COCCNc1cccc(Br)c1. The first-order valence-electron chi connectivity index (χ1n) is 5.45. The second-order valence-corrected chi connectivity index (χ2v) is 4.21. The van der Waals surface area contributed by atoms with Gasteiger partial charge in [0.2, 0.25) is 0 Å². The highest BCUT2D eigenvalue weighted by atomic mass is 79.9. The van der Waals surface area contributed by atoms with Crippen molar-refractivity contribution in [3.05, 3.63) is 28.7 Å². The van der Waals surface area contributed by atoms with Crippen molar-refractivity contribution < 1.29 is 14.3 Å². The average molecular weight is 302 g/mol. The van der Waals surface area contributed by atoms with Crippen LogP contribution in [-0.2, 0) is 14.3 Å². The summed E-state index contributed by atoms with van der Waals surface area (Å²) in [5.74, 6) is -0.324. The fourth-order valence-electron chi connectivity index (χ4n) is 1.22. The number of carbonyl (C=O) groups is 1. The molecule has 17 heavy (non-hydrogen) atoms. The van der Waals surface area contributed by atoms with Crippen molar-refractivity contribution in [3.8, 4) is 0 Å². The van der Waals surface area contributed by atoms with Crippen LogP contribution in [0.1, 0.15) is 6.92 Å². The molecule has 0 spiro atoms. The molecule has 0 amide bonds. The van der Waals surface area contributed by atoms with E-state index in [1.165, 1.54) is 0 Å². The first-order valence-corrected chi connectivity index (χ1v) is 6.24. The number of halogens is 1. The summed E-state index contributed by atoms with van der Waals surface area (Å²) in [5.41, 5.74) is 1.01. The van der Waals surface area contributed by atoms with E-state index < -0.39 is 0 Å². The van der Waals surface area contributed by atoms with Gasteiger partial charge in [0.05, 0.1) is 13.2 Å². The molecule has 0 radical (unpaired) electrons. The zero-order chi connectivity index (χ0) is 12.5. The highest BCUT2D eigenvalue weighted by Crippen LogP contribution is 2.14. The van der Waals surface area contributed by atoms with E-state index in [4.69, 9.17) is 9.47 Å². The van der Waals surface area contributed by atoms with Gasteiger partial charge in [-0.25, -0.2) is 4.79 Å². The lowest BCUT2D eigenvalue weighted by Gasteiger charge is -2.07. The smallest absolute Gasteiger partial charge is 0.332 e. The molecule has 5 heteroatoms. The maximum Gasteiger partial charge on any atom is 0.332 e. The predicted molar refractivity (Wildman–Crippen MR) is 70.1 cm³/mol. The van der Waals surface area contributed by atoms with Crippen LogP contribution < -0.4 is 5.32 Å². The topological polar surface area (TPSA) is 47.6 Å². The van der Waals surface area contributed by atoms with Gasteiger partial charge in [-0.15, -0.1) is 0 Å². The van der Waals surface area contributed by atoms with Crippen LogP contribution in [0.25, 0.3) is 0 Å². The first kappa shape index (κ1) is 14.0. The number of carbonyl (C=O) groups excluding carboxylic acids is 1. The van der Waals surface area contributed by atoms with Crippen LogP contribution >= 0.6 is 15.9 Å². The van der Waals surface area contributed by atoms with E-state index in [0.29, 0.717) is 19.8 Å². The van der Waals surface area contributed by atoms with E-state index >= 15 is 0 Å². The van der Waals surface area contributed by atoms with Gasteiger partial charge >= 0.3 is 5.97 Å². The molecule has 1 aromatic rings. The summed E-state index contributed by atoms with van der Waals surface area (Å²) in [5, 5.41) is 3.18. The van der Waals surface area contributed by atoms with Crippen LogP contribution in [0.3, 0.4) is 0 Å². The fourth-order valence-corrected chi connectivity index (χ4v) is 1.62. The van der Waals surface area contributed by atoms with Gasteiger partial charge in [0.25, 0.3) is 0 Å². The Labute approximate surface area is 109 Å². The molecule has 4 nitrogen and oxygen atoms in total. The normalized spacial score (nSPS) is 10.0. The summed E-state index contributed by atoms with van der Waals surface area (Å²) >= 11 is 3.39. The number of benzene rings is 1. The molecule has 0 atom stereocenters. The van der Waals surface area contributed by atoms with E-state index in [1.54, 1.807) is 6.92 Å². The van der Waals surface area contributed by atoms with Gasteiger partial charge in [-0.1, -0.05) is 22.0 Å². The standard InChI is InChI=1S/C12H16BrNO3/c1-2-17-12(15)9-16-7-6-14-11-5-3-4-10(13)8-11/h3-5,8,14H,2,6-7,9H2,1H3. The molecule has 0 aromatic heterocycles. The second-order valence-electron chi connectivity index (χ2n) is 3.29. The Balaban J connectivity index is 2.10. The van der Waals surface area contributed by atoms with Crippen LogP contribution in [0.4, 0.5) is 5.69 Å². The summed E-state index contributed by atoms with van der Waals surface area (Å²) in [6, 6.07) is 7.86. The molecule has 0 fully saturated rings. The first-order chi connectivity index (χ1) is 8.22. The lowest BCUT2D eigenvalue weighted by atomic mass is 10.3. The van der Waals surface area contributed by atoms with Gasteiger partial charge in [0.1, 0.15) is 6.61 Å². The average Bonchev–Trinajstić information content (AvgIpc) is 2.29. The molecule has 0 heterocycles. The number of nitrogens with one attached hydrogen (secondary N) is 1. The molecular weight excluding hydrogens is 286 g/mol. The molecule has 0 saturated heterocycles. The minimum atomic E-state index is -0.324.